The third kappa shape index (κ3) is 2.50. The molecule has 1 heterocycles. The van der Waals surface area contributed by atoms with Crippen LogP contribution in [0.1, 0.15) is 6.42 Å². The van der Waals surface area contributed by atoms with Crippen molar-refractivity contribution in [3.63, 3.8) is 0 Å². The fraction of sp³-hybridized carbons (Fsp3) is 0.714. The van der Waals surface area contributed by atoms with Crippen LogP contribution in [0.15, 0.2) is 0 Å². The van der Waals surface area contributed by atoms with E-state index in [1.165, 1.54) is 0 Å². The van der Waals surface area contributed by atoms with Crippen LogP contribution in [0, 0.1) is 5.41 Å². The van der Waals surface area contributed by atoms with E-state index in [9.17, 15) is 4.79 Å². The molecule has 0 aromatic carbocycles. The first-order chi connectivity index (χ1) is 5.70. The molecular formula is C7H14N4O. The molecule has 0 atom stereocenters. The molecule has 1 amide bonds. The lowest BCUT2D eigenvalue weighted by Crippen LogP contribution is -2.47. The molecule has 0 aromatic rings. The topological polar surface area (TPSA) is 82.2 Å². The van der Waals surface area contributed by atoms with Crippen molar-refractivity contribution in [2.45, 2.75) is 6.42 Å². The van der Waals surface area contributed by atoms with Gasteiger partial charge < -0.3 is 16.0 Å². The number of amidine groups is 1. The molecule has 0 saturated carbocycles. The second kappa shape index (κ2) is 4.06. The number of rotatable bonds is 2. The standard InChI is InChI=1S/C7H14N4O/c8-6(9)5-7(12)11-3-1-10-2-4-11/h10H,1-5H2,(H3,8,9). The summed E-state index contributed by atoms with van der Waals surface area (Å²) in [6.07, 6.45) is 0.0556. The van der Waals surface area contributed by atoms with Crippen LogP contribution in [0.25, 0.3) is 0 Å². The maximum atomic E-state index is 11.3. The van der Waals surface area contributed by atoms with Crippen LogP contribution in [0.2, 0.25) is 0 Å². The van der Waals surface area contributed by atoms with Crippen LogP contribution in [0.3, 0.4) is 0 Å². The number of nitrogens with one attached hydrogen (secondary N) is 2. The van der Waals surface area contributed by atoms with Gasteiger partial charge in [-0.3, -0.25) is 10.2 Å². The summed E-state index contributed by atoms with van der Waals surface area (Å²) in [5.41, 5.74) is 5.12. The van der Waals surface area contributed by atoms with Crippen LogP contribution in [0.5, 0.6) is 0 Å². The highest BCUT2D eigenvalue weighted by atomic mass is 16.2. The lowest BCUT2D eigenvalue weighted by molar-refractivity contribution is -0.130. The van der Waals surface area contributed by atoms with Gasteiger partial charge in [0.2, 0.25) is 5.91 Å². The molecule has 0 aliphatic carbocycles. The summed E-state index contributed by atoms with van der Waals surface area (Å²) in [5.74, 6) is -0.0949. The number of hydrogen-bond donors (Lipinski definition) is 3. The smallest absolute Gasteiger partial charge is 0.230 e. The Morgan fingerprint density at radius 1 is 1.50 bits per heavy atom. The second-order valence-electron chi connectivity index (χ2n) is 2.83. The molecule has 0 unspecified atom stereocenters. The van der Waals surface area contributed by atoms with Gasteiger partial charge in [0.15, 0.2) is 0 Å². The van der Waals surface area contributed by atoms with Crippen LogP contribution < -0.4 is 11.1 Å². The number of nitrogens with two attached hydrogens (primary N) is 1. The second-order valence-corrected chi connectivity index (χ2v) is 2.83. The van der Waals surface area contributed by atoms with E-state index in [1.807, 2.05) is 0 Å². The zero-order chi connectivity index (χ0) is 8.97. The summed E-state index contributed by atoms with van der Waals surface area (Å²) in [7, 11) is 0. The van der Waals surface area contributed by atoms with E-state index in [2.05, 4.69) is 5.32 Å². The van der Waals surface area contributed by atoms with E-state index < -0.39 is 0 Å². The first kappa shape index (κ1) is 8.99. The molecule has 1 rings (SSSR count). The highest BCUT2D eigenvalue weighted by molar-refractivity contribution is 5.97. The molecule has 1 aliphatic heterocycles. The quantitative estimate of drug-likeness (QED) is 0.357. The highest BCUT2D eigenvalue weighted by Gasteiger charge is 2.15. The Kier molecular flexibility index (Phi) is 3.04. The van der Waals surface area contributed by atoms with Gasteiger partial charge >= 0.3 is 0 Å². The van der Waals surface area contributed by atoms with Crippen molar-refractivity contribution < 1.29 is 4.79 Å². The molecule has 1 fully saturated rings. The molecule has 1 aliphatic rings. The van der Waals surface area contributed by atoms with E-state index in [0.717, 1.165) is 26.2 Å². The lowest BCUT2D eigenvalue weighted by Gasteiger charge is -2.27. The maximum absolute atomic E-state index is 11.3. The highest BCUT2D eigenvalue weighted by Crippen LogP contribution is 1.95. The van der Waals surface area contributed by atoms with Crippen molar-refractivity contribution in [3.05, 3.63) is 0 Å². The third-order valence-electron chi connectivity index (χ3n) is 1.81. The number of piperazine rings is 1. The molecule has 0 aromatic heterocycles. The minimum Gasteiger partial charge on any atom is -0.387 e. The number of nitrogens with zero attached hydrogens (tertiary/aromatic N) is 1. The van der Waals surface area contributed by atoms with Gasteiger partial charge in [0, 0.05) is 26.2 Å². The predicted molar refractivity (Wildman–Crippen MR) is 46.0 cm³/mol. The van der Waals surface area contributed by atoms with Crippen LogP contribution in [-0.2, 0) is 4.79 Å². The maximum Gasteiger partial charge on any atom is 0.230 e. The van der Waals surface area contributed by atoms with E-state index in [0.29, 0.717) is 0 Å². The molecule has 5 heteroatoms. The first-order valence-electron chi connectivity index (χ1n) is 4.01. The van der Waals surface area contributed by atoms with Crippen molar-refractivity contribution in [1.29, 1.82) is 5.41 Å². The fourth-order valence-corrected chi connectivity index (χ4v) is 1.19. The van der Waals surface area contributed by atoms with Crippen molar-refractivity contribution in [3.8, 4) is 0 Å². The summed E-state index contributed by atoms with van der Waals surface area (Å²) < 4.78 is 0. The molecular weight excluding hydrogens is 156 g/mol. The van der Waals surface area contributed by atoms with Gasteiger partial charge in [0.1, 0.15) is 0 Å². The van der Waals surface area contributed by atoms with Crippen molar-refractivity contribution >= 4 is 11.7 Å². The number of carbonyl (C=O) groups excluding carboxylic acids is 1. The molecule has 12 heavy (non-hydrogen) atoms. The van der Waals surface area contributed by atoms with E-state index in [-0.39, 0.29) is 18.2 Å². The number of amides is 1. The predicted octanol–water partition coefficient (Wildman–Crippen LogP) is -1.26. The summed E-state index contributed by atoms with van der Waals surface area (Å²) in [6, 6.07) is 0. The van der Waals surface area contributed by atoms with Gasteiger partial charge in [0.25, 0.3) is 0 Å². The average Bonchev–Trinajstić information content (AvgIpc) is 2.05. The van der Waals surface area contributed by atoms with Crippen molar-refractivity contribution in [2.75, 3.05) is 26.2 Å². The Hall–Kier alpha value is -1.10. The molecule has 68 valence electrons. The largest absolute Gasteiger partial charge is 0.387 e. The summed E-state index contributed by atoms with van der Waals surface area (Å²) in [5, 5.41) is 10.1. The lowest BCUT2D eigenvalue weighted by atomic mass is 10.3. The van der Waals surface area contributed by atoms with Crippen molar-refractivity contribution in [1.82, 2.24) is 10.2 Å². The minimum absolute atomic E-state index is 0.0380. The minimum atomic E-state index is -0.0569. The summed E-state index contributed by atoms with van der Waals surface area (Å²) >= 11 is 0. The molecule has 0 bridgehead atoms. The van der Waals surface area contributed by atoms with Gasteiger partial charge in [0.05, 0.1) is 12.3 Å². The molecule has 5 nitrogen and oxygen atoms in total. The van der Waals surface area contributed by atoms with Gasteiger partial charge in [-0.05, 0) is 0 Å². The zero-order valence-electron chi connectivity index (χ0n) is 6.97. The molecule has 0 radical (unpaired) electrons. The Balaban J connectivity index is 2.34. The van der Waals surface area contributed by atoms with Crippen LogP contribution in [0.4, 0.5) is 0 Å². The fourth-order valence-electron chi connectivity index (χ4n) is 1.19. The number of hydrogen-bond acceptors (Lipinski definition) is 3. The van der Waals surface area contributed by atoms with Crippen molar-refractivity contribution in [2.24, 2.45) is 5.73 Å². The van der Waals surface area contributed by atoms with E-state index in [4.69, 9.17) is 11.1 Å². The first-order valence-corrected chi connectivity index (χ1v) is 4.01. The van der Waals surface area contributed by atoms with Gasteiger partial charge in [-0.25, -0.2) is 0 Å². The Labute approximate surface area is 71.4 Å². The average molecular weight is 170 g/mol. The van der Waals surface area contributed by atoms with Gasteiger partial charge in [-0.15, -0.1) is 0 Å². The normalized spacial score (nSPS) is 17.5. The summed E-state index contributed by atoms with van der Waals surface area (Å²) in [6.45, 7) is 3.13. The SMILES string of the molecule is N=C(N)CC(=O)N1CCNCC1. The number of carbonyl (C=O) groups is 1. The molecule has 4 N–H and O–H groups in total. The van der Waals surface area contributed by atoms with E-state index >= 15 is 0 Å². The molecule has 1 saturated heterocycles. The van der Waals surface area contributed by atoms with Crippen LogP contribution >= 0.6 is 0 Å². The monoisotopic (exact) mass is 170 g/mol. The van der Waals surface area contributed by atoms with Gasteiger partial charge in [-0.2, -0.15) is 0 Å². The van der Waals surface area contributed by atoms with E-state index in [1.54, 1.807) is 4.90 Å². The zero-order valence-corrected chi connectivity index (χ0v) is 6.97. The third-order valence-corrected chi connectivity index (χ3v) is 1.81. The van der Waals surface area contributed by atoms with Crippen LogP contribution in [-0.4, -0.2) is 42.8 Å². The Morgan fingerprint density at radius 3 is 2.58 bits per heavy atom. The molecule has 0 spiro atoms. The summed E-state index contributed by atoms with van der Waals surface area (Å²) in [4.78, 5) is 13.0. The Bertz CT molecular complexity index is 186. The Morgan fingerprint density at radius 2 is 2.08 bits per heavy atom. The van der Waals surface area contributed by atoms with Gasteiger partial charge in [-0.1, -0.05) is 0 Å².